The van der Waals surface area contributed by atoms with Gasteiger partial charge in [-0.15, -0.1) is 0 Å². The molecule has 0 saturated carbocycles. The number of carbonyl (C=O) groups excluding carboxylic acids is 1. The van der Waals surface area contributed by atoms with E-state index in [1.54, 1.807) is 18.4 Å². The highest BCUT2D eigenvalue weighted by Crippen LogP contribution is 2.27. The van der Waals surface area contributed by atoms with Crippen LogP contribution in [0.25, 0.3) is 11.0 Å². The lowest BCUT2D eigenvalue weighted by molar-refractivity contribution is -0.136. The molecule has 0 bridgehead atoms. The van der Waals surface area contributed by atoms with Crippen LogP contribution in [0.2, 0.25) is 0 Å². The summed E-state index contributed by atoms with van der Waals surface area (Å²) in [5, 5.41) is 0.998. The van der Waals surface area contributed by atoms with Crippen LogP contribution < -0.4 is 4.74 Å². The van der Waals surface area contributed by atoms with Crippen molar-refractivity contribution in [1.29, 1.82) is 0 Å². The van der Waals surface area contributed by atoms with Gasteiger partial charge in [-0.25, -0.2) is 0 Å². The van der Waals surface area contributed by atoms with Crippen molar-refractivity contribution in [1.82, 2.24) is 0 Å². The molecule has 90 valence electrons. The van der Waals surface area contributed by atoms with Gasteiger partial charge in [0.2, 0.25) is 0 Å². The zero-order chi connectivity index (χ0) is 12.5. The van der Waals surface area contributed by atoms with Crippen molar-refractivity contribution in [3.63, 3.8) is 0 Å². The van der Waals surface area contributed by atoms with Gasteiger partial charge in [-0.3, -0.25) is 4.79 Å². The predicted octanol–water partition coefficient (Wildman–Crippen LogP) is 3.94. The Morgan fingerprint density at radius 1 is 1.47 bits per heavy atom. The third-order valence-electron chi connectivity index (χ3n) is 2.73. The van der Waals surface area contributed by atoms with Crippen LogP contribution in [0.3, 0.4) is 0 Å². The monoisotopic (exact) mass is 344 g/mol. The largest absolute Gasteiger partial charge is 0.464 e. The molecule has 1 aromatic heterocycles. The number of hydrogen-bond acceptors (Lipinski definition) is 3. The number of halogens is 1. The number of ether oxygens (including phenoxy) is 1. The maximum Gasteiger partial charge on any atom is 0.327 e. The number of rotatable bonds is 3. The molecular weight excluding hydrogens is 331 g/mol. The van der Waals surface area contributed by atoms with Gasteiger partial charge in [0.1, 0.15) is 14.8 Å². The second-order valence-electron chi connectivity index (χ2n) is 4.06. The summed E-state index contributed by atoms with van der Waals surface area (Å²) in [6.45, 7) is 3.82. The minimum absolute atomic E-state index is 0.230. The minimum atomic E-state index is -0.490. The molecule has 1 atom stereocenters. The fourth-order valence-corrected chi connectivity index (χ4v) is 1.47. The molecule has 0 aliphatic heterocycles. The molecule has 0 aliphatic carbocycles. The van der Waals surface area contributed by atoms with Crippen LogP contribution in [0.15, 0.2) is 34.9 Å². The number of esters is 1. The summed E-state index contributed by atoms with van der Waals surface area (Å²) < 4.78 is 10.1. The number of benzene rings is 1. The van der Waals surface area contributed by atoms with E-state index in [1.165, 1.54) is 0 Å². The number of carbonyl (C=O) groups is 1. The summed E-state index contributed by atoms with van der Waals surface area (Å²) in [5.74, 6) is 0.292. The molecule has 0 N–H and O–H groups in total. The Labute approximate surface area is 113 Å². The minimum Gasteiger partial charge on any atom is -0.464 e. The lowest BCUT2D eigenvalue weighted by Gasteiger charge is -2.18. The summed E-state index contributed by atoms with van der Waals surface area (Å²) in [6, 6.07) is 7.25. The average molecular weight is 344 g/mol. The van der Waals surface area contributed by atoms with Gasteiger partial charge in [0.25, 0.3) is 0 Å². The second-order valence-corrected chi connectivity index (χ2v) is 6.44. The third kappa shape index (κ3) is 2.62. The van der Waals surface area contributed by atoms with E-state index in [2.05, 4.69) is 22.6 Å². The van der Waals surface area contributed by atoms with Crippen molar-refractivity contribution >= 4 is 39.5 Å². The normalized spacial score (nSPS) is 14.5. The fraction of sp³-hybridized carbons (Fsp3) is 0.308. The molecule has 17 heavy (non-hydrogen) atoms. The van der Waals surface area contributed by atoms with Gasteiger partial charge in [0.15, 0.2) is 0 Å². The first-order valence-corrected chi connectivity index (χ1v) is 6.49. The smallest absolute Gasteiger partial charge is 0.327 e. The quantitative estimate of drug-likeness (QED) is 0.366. The number of alkyl halides is 1. The predicted molar refractivity (Wildman–Crippen MR) is 74.6 cm³/mol. The molecule has 4 heteroatoms. The van der Waals surface area contributed by atoms with E-state index in [0.29, 0.717) is 5.75 Å². The lowest BCUT2D eigenvalue weighted by Crippen LogP contribution is -2.31. The molecule has 2 rings (SSSR count). The fourth-order valence-electron chi connectivity index (χ4n) is 1.36. The number of fused-ring (bicyclic) bond motifs is 1. The van der Waals surface area contributed by atoms with E-state index in [0.717, 1.165) is 17.4 Å². The van der Waals surface area contributed by atoms with Crippen molar-refractivity contribution in [3.8, 4) is 5.75 Å². The Morgan fingerprint density at radius 2 is 2.24 bits per heavy atom. The molecule has 0 saturated heterocycles. The van der Waals surface area contributed by atoms with E-state index < -0.39 is 3.42 Å². The molecule has 1 unspecified atom stereocenters. The third-order valence-corrected chi connectivity index (χ3v) is 3.93. The highest BCUT2D eigenvalue weighted by atomic mass is 127. The van der Waals surface area contributed by atoms with Gasteiger partial charge >= 0.3 is 5.97 Å². The molecule has 0 fully saturated rings. The maximum atomic E-state index is 11.9. The van der Waals surface area contributed by atoms with E-state index >= 15 is 0 Å². The van der Waals surface area contributed by atoms with Gasteiger partial charge in [-0.1, -0.05) is 29.5 Å². The zero-order valence-electron chi connectivity index (χ0n) is 9.70. The maximum absolute atomic E-state index is 11.9. The van der Waals surface area contributed by atoms with Crippen LogP contribution in [0.1, 0.15) is 20.3 Å². The molecular formula is C13H13IO3. The van der Waals surface area contributed by atoms with Crippen LogP contribution in [-0.2, 0) is 4.79 Å². The van der Waals surface area contributed by atoms with E-state index in [4.69, 9.17) is 9.15 Å². The van der Waals surface area contributed by atoms with Gasteiger partial charge in [0.05, 0.1) is 6.26 Å². The molecule has 0 amide bonds. The lowest BCUT2D eigenvalue weighted by atomic mass is 10.1. The van der Waals surface area contributed by atoms with Crippen LogP contribution >= 0.6 is 22.6 Å². The van der Waals surface area contributed by atoms with Crippen molar-refractivity contribution in [2.45, 2.75) is 23.7 Å². The van der Waals surface area contributed by atoms with E-state index in [1.807, 2.05) is 26.0 Å². The molecule has 2 aromatic rings. The van der Waals surface area contributed by atoms with E-state index in [9.17, 15) is 4.79 Å². The van der Waals surface area contributed by atoms with Crippen molar-refractivity contribution in [2.24, 2.45) is 0 Å². The first-order chi connectivity index (χ1) is 8.03. The first-order valence-electron chi connectivity index (χ1n) is 5.41. The Morgan fingerprint density at radius 3 is 2.94 bits per heavy atom. The summed E-state index contributed by atoms with van der Waals surface area (Å²) in [5.41, 5.74) is 0.724. The van der Waals surface area contributed by atoms with Crippen LogP contribution in [0.4, 0.5) is 0 Å². The van der Waals surface area contributed by atoms with Gasteiger partial charge < -0.3 is 9.15 Å². The molecule has 0 radical (unpaired) electrons. The van der Waals surface area contributed by atoms with Crippen LogP contribution in [-0.4, -0.2) is 9.39 Å². The average Bonchev–Trinajstić information content (AvgIpc) is 2.76. The van der Waals surface area contributed by atoms with Gasteiger partial charge in [0, 0.05) is 11.5 Å². The molecule has 0 spiro atoms. The first kappa shape index (κ1) is 12.4. The van der Waals surface area contributed by atoms with Gasteiger partial charge in [-0.2, -0.15) is 0 Å². The van der Waals surface area contributed by atoms with Crippen molar-refractivity contribution in [2.75, 3.05) is 0 Å². The number of furan rings is 1. The molecule has 1 heterocycles. The molecule has 1 aromatic carbocycles. The Hall–Kier alpha value is -1.04. The molecule has 0 aliphatic rings. The van der Waals surface area contributed by atoms with Crippen molar-refractivity contribution in [3.05, 3.63) is 30.5 Å². The highest BCUT2D eigenvalue weighted by Gasteiger charge is 2.29. The Kier molecular flexibility index (Phi) is 3.42. The summed E-state index contributed by atoms with van der Waals surface area (Å²) in [4.78, 5) is 11.9. The summed E-state index contributed by atoms with van der Waals surface area (Å²) in [7, 11) is 0. The van der Waals surface area contributed by atoms with Gasteiger partial charge in [-0.05, 0) is 31.5 Å². The highest BCUT2D eigenvalue weighted by molar-refractivity contribution is 14.1. The number of hydrogen-bond donors (Lipinski definition) is 0. The Bertz CT molecular complexity index is 542. The summed E-state index contributed by atoms with van der Waals surface area (Å²) >= 11 is 2.11. The van der Waals surface area contributed by atoms with Crippen LogP contribution in [0.5, 0.6) is 5.75 Å². The SMILES string of the molecule is CCC(C)(I)C(=O)Oc1ccc2ccoc2c1. The van der Waals surface area contributed by atoms with E-state index in [-0.39, 0.29) is 5.97 Å². The standard InChI is InChI=1S/C13H13IO3/c1-3-13(2,14)12(15)17-10-5-4-9-6-7-16-11(9)8-10/h4-8H,3H2,1-2H3. The zero-order valence-corrected chi connectivity index (χ0v) is 11.9. The second kappa shape index (κ2) is 4.68. The molecule has 3 nitrogen and oxygen atoms in total. The topological polar surface area (TPSA) is 39.4 Å². The summed E-state index contributed by atoms with van der Waals surface area (Å²) in [6.07, 6.45) is 2.35. The Balaban J connectivity index is 2.21. The van der Waals surface area contributed by atoms with Crippen molar-refractivity contribution < 1.29 is 13.9 Å². The van der Waals surface area contributed by atoms with Crippen LogP contribution in [0, 0.1) is 0 Å².